The number of hydrogen-bond acceptors (Lipinski definition) is 4. The molecule has 110 valence electrons. The summed E-state index contributed by atoms with van der Waals surface area (Å²) in [5.74, 6) is 1.08. The highest BCUT2D eigenvalue weighted by Gasteiger charge is 2.23. The Balaban J connectivity index is 2.07. The van der Waals surface area contributed by atoms with E-state index in [4.69, 9.17) is 5.73 Å². The first-order valence-electron chi connectivity index (χ1n) is 7.34. The molecule has 1 amide bonds. The predicted molar refractivity (Wildman–Crippen MR) is 81.0 cm³/mol. The largest absolute Gasteiger partial charge is 0.365 e. The molecule has 0 unspecified atom stereocenters. The molecule has 0 aromatic carbocycles. The number of rotatable bonds is 5. The molecule has 1 saturated heterocycles. The summed E-state index contributed by atoms with van der Waals surface area (Å²) in [6.45, 7) is 8.01. The number of hydrogen-bond donors (Lipinski definition) is 2. The molecule has 20 heavy (non-hydrogen) atoms. The number of pyridine rings is 1. The summed E-state index contributed by atoms with van der Waals surface area (Å²) >= 11 is 0. The van der Waals surface area contributed by atoms with Crippen molar-refractivity contribution in [2.45, 2.75) is 26.7 Å². The zero-order valence-corrected chi connectivity index (χ0v) is 12.4. The Morgan fingerprint density at radius 3 is 2.80 bits per heavy atom. The molecule has 1 aromatic heterocycles. The fourth-order valence-corrected chi connectivity index (χ4v) is 2.79. The van der Waals surface area contributed by atoms with E-state index in [2.05, 4.69) is 22.1 Å². The Labute approximate surface area is 120 Å². The fraction of sp³-hybridized carbons (Fsp3) is 0.600. The van der Waals surface area contributed by atoms with Gasteiger partial charge >= 0.3 is 0 Å². The second-order valence-electron chi connectivity index (χ2n) is 5.43. The highest BCUT2D eigenvalue weighted by molar-refractivity contribution is 5.99. The van der Waals surface area contributed by atoms with Gasteiger partial charge in [-0.3, -0.25) is 4.79 Å². The maximum absolute atomic E-state index is 11.6. The van der Waals surface area contributed by atoms with Crippen LogP contribution in [0.2, 0.25) is 0 Å². The van der Waals surface area contributed by atoms with Crippen LogP contribution in [0.15, 0.2) is 12.3 Å². The molecule has 0 radical (unpaired) electrons. The van der Waals surface area contributed by atoms with Crippen molar-refractivity contribution in [1.29, 1.82) is 0 Å². The van der Waals surface area contributed by atoms with Crippen LogP contribution in [0.3, 0.4) is 0 Å². The quantitative estimate of drug-likeness (QED) is 0.850. The van der Waals surface area contributed by atoms with Gasteiger partial charge in [-0.15, -0.1) is 0 Å². The molecule has 1 aliphatic rings. The summed E-state index contributed by atoms with van der Waals surface area (Å²) < 4.78 is 0. The number of nitrogens with one attached hydrogen (secondary N) is 1. The molecular weight excluding hydrogens is 252 g/mol. The van der Waals surface area contributed by atoms with Gasteiger partial charge in [0, 0.05) is 19.3 Å². The zero-order valence-electron chi connectivity index (χ0n) is 12.4. The minimum absolute atomic E-state index is 0.389. The third-order valence-corrected chi connectivity index (χ3v) is 3.98. The zero-order chi connectivity index (χ0) is 14.5. The van der Waals surface area contributed by atoms with Crippen LogP contribution in [0.1, 0.15) is 35.7 Å². The number of aromatic nitrogens is 1. The highest BCUT2D eigenvalue weighted by atomic mass is 16.1. The number of anilines is 1. The minimum atomic E-state index is -0.389. The molecule has 1 aliphatic heterocycles. The summed E-state index contributed by atoms with van der Waals surface area (Å²) in [7, 11) is 0. The molecule has 0 atom stereocenters. The molecule has 2 heterocycles. The second kappa shape index (κ2) is 6.70. The van der Waals surface area contributed by atoms with Crippen LogP contribution >= 0.6 is 0 Å². The molecule has 1 aromatic rings. The van der Waals surface area contributed by atoms with Crippen molar-refractivity contribution in [2.24, 2.45) is 11.7 Å². The first kappa shape index (κ1) is 14.8. The molecule has 0 aliphatic carbocycles. The van der Waals surface area contributed by atoms with Crippen molar-refractivity contribution in [3.05, 3.63) is 23.4 Å². The molecule has 0 saturated carbocycles. The van der Waals surface area contributed by atoms with E-state index in [0.717, 1.165) is 50.4 Å². The summed E-state index contributed by atoms with van der Waals surface area (Å²) in [6, 6.07) is 1.83. The number of primary amides is 1. The number of carbonyl (C=O) groups is 1. The predicted octanol–water partition coefficient (Wildman–Crippen LogP) is 1.31. The second-order valence-corrected chi connectivity index (χ2v) is 5.43. The van der Waals surface area contributed by atoms with E-state index in [1.54, 1.807) is 6.20 Å². The number of nitrogens with two attached hydrogens (primary N) is 1. The molecule has 5 heteroatoms. The maximum atomic E-state index is 11.6. The number of aryl methyl sites for hydroxylation is 1. The molecule has 3 N–H and O–H groups in total. The van der Waals surface area contributed by atoms with Gasteiger partial charge in [0.2, 0.25) is 0 Å². The van der Waals surface area contributed by atoms with Crippen LogP contribution in [0.25, 0.3) is 0 Å². The van der Waals surface area contributed by atoms with Crippen molar-refractivity contribution in [1.82, 2.24) is 10.3 Å². The SMILES string of the molecule is CCNCC1CCN(c2nccc(C)c2C(N)=O)CC1. The lowest BCUT2D eigenvalue weighted by Crippen LogP contribution is -2.38. The number of piperidine rings is 1. The summed E-state index contributed by atoms with van der Waals surface area (Å²) in [5.41, 5.74) is 6.97. The molecule has 0 spiro atoms. The minimum Gasteiger partial charge on any atom is -0.365 e. The van der Waals surface area contributed by atoms with E-state index in [-0.39, 0.29) is 5.91 Å². The van der Waals surface area contributed by atoms with Gasteiger partial charge in [-0.1, -0.05) is 6.92 Å². The average Bonchev–Trinajstić information content (AvgIpc) is 2.45. The van der Waals surface area contributed by atoms with Crippen molar-refractivity contribution in [3.8, 4) is 0 Å². The van der Waals surface area contributed by atoms with Crippen molar-refractivity contribution >= 4 is 11.7 Å². The van der Waals surface area contributed by atoms with Gasteiger partial charge in [0.15, 0.2) is 0 Å². The molecule has 0 bridgehead atoms. The Bertz CT molecular complexity index is 467. The van der Waals surface area contributed by atoms with Gasteiger partial charge in [0.25, 0.3) is 5.91 Å². The van der Waals surface area contributed by atoms with Gasteiger partial charge in [0.1, 0.15) is 5.82 Å². The van der Waals surface area contributed by atoms with Crippen LogP contribution in [-0.2, 0) is 0 Å². The van der Waals surface area contributed by atoms with Gasteiger partial charge in [0.05, 0.1) is 5.56 Å². The number of amides is 1. The maximum Gasteiger partial charge on any atom is 0.252 e. The van der Waals surface area contributed by atoms with E-state index >= 15 is 0 Å². The van der Waals surface area contributed by atoms with Gasteiger partial charge in [-0.05, 0) is 50.4 Å². The van der Waals surface area contributed by atoms with Gasteiger partial charge in [-0.2, -0.15) is 0 Å². The van der Waals surface area contributed by atoms with Crippen LogP contribution < -0.4 is 16.0 Å². The molecular formula is C15H24N4O. The Morgan fingerprint density at radius 1 is 1.50 bits per heavy atom. The van der Waals surface area contributed by atoms with Crippen molar-refractivity contribution in [3.63, 3.8) is 0 Å². The fourth-order valence-electron chi connectivity index (χ4n) is 2.79. The smallest absolute Gasteiger partial charge is 0.252 e. The normalized spacial score (nSPS) is 16.4. The van der Waals surface area contributed by atoms with Crippen molar-refractivity contribution in [2.75, 3.05) is 31.1 Å². The van der Waals surface area contributed by atoms with E-state index in [1.807, 2.05) is 13.0 Å². The molecule has 5 nitrogen and oxygen atoms in total. The highest BCUT2D eigenvalue weighted by Crippen LogP contribution is 2.25. The van der Waals surface area contributed by atoms with Crippen LogP contribution in [0.4, 0.5) is 5.82 Å². The molecule has 2 rings (SSSR count). The van der Waals surface area contributed by atoms with E-state index in [9.17, 15) is 4.79 Å². The first-order valence-corrected chi connectivity index (χ1v) is 7.34. The number of nitrogens with zero attached hydrogens (tertiary/aromatic N) is 2. The lowest BCUT2D eigenvalue weighted by Gasteiger charge is -2.33. The topological polar surface area (TPSA) is 71.2 Å². The monoisotopic (exact) mass is 276 g/mol. The molecule has 1 fully saturated rings. The Kier molecular flexibility index (Phi) is 4.95. The average molecular weight is 276 g/mol. The lowest BCUT2D eigenvalue weighted by atomic mass is 9.96. The third kappa shape index (κ3) is 3.28. The first-order chi connectivity index (χ1) is 9.63. The van der Waals surface area contributed by atoms with E-state index < -0.39 is 0 Å². The van der Waals surface area contributed by atoms with Crippen LogP contribution in [-0.4, -0.2) is 37.1 Å². The van der Waals surface area contributed by atoms with E-state index in [0.29, 0.717) is 11.5 Å². The van der Waals surface area contributed by atoms with Gasteiger partial charge < -0.3 is 16.0 Å². The van der Waals surface area contributed by atoms with Crippen molar-refractivity contribution < 1.29 is 4.79 Å². The van der Waals surface area contributed by atoms with E-state index in [1.165, 1.54) is 0 Å². The summed E-state index contributed by atoms with van der Waals surface area (Å²) in [6.07, 6.45) is 4.00. The Morgan fingerprint density at radius 2 is 2.20 bits per heavy atom. The summed E-state index contributed by atoms with van der Waals surface area (Å²) in [4.78, 5) is 18.2. The van der Waals surface area contributed by atoms with Gasteiger partial charge in [-0.25, -0.2) is 4.98 Å². The summed E-state index contributed by atoms with van der Waals surface area (Å²) in [5, 5.41) is 3.40. The lowest BCUT2D eigenvalue weighted by molar-refractivity contribution is 0.1000. The Hall–Kier alpha value is -1.62. The number of carbonyl (C=O) groups excluding carboxylic acids is 1. The van der Waals surface area contributed by atoms with Crippen LogP contribution in [0, 0.1) is 12.8 Å². The standard InChI is InChI=1S/C15H24N4O/c1-3-17-10-12-5-8-19(9-6-12)15-13(14(16)20)11(2)4-7-18-15/h4,7,12,17H,3,5-6,8-10H2,1-2H3,(H2,16,20). The third-order valence-electron chi connectivity index (χ3n) is 3.98. The van der Waals surface area contributed by atoms with Crippen LogP contribution in [0.5, 0.6) is 0 Å².